The van der Waals surface area contributed by atoms with E-state index in [4.69, 9.17) is 5.11 Å². The molecule has 102 valence electrons. The van der Waals surface area contributed by atoms with E-state index in [1.165, 1.54) is 0 Å². The van der Waals surface area contributed by atoms with Crippen LogP contribution < -0.4 is 5.32 Å². The van der Waals surface area contributed by atoms with Crippen molar-refractivity contribution in [3.8, 4) is 0 Å². The van der Waals surface area contributed by atoms with Crippen LogP contribution in [0.1, 0.15) is 33.6 Å². The van der Waals surface area contributed by atoms with Gasteiger partial charge in [-0.05, 0) is 33.6 Å². The fourth-order valence-electron chi connectivity index (χ4n) is 1.75. The number of aliphatic carboxylic acids is 1. The SMILES string of the molecule is C=CCN(C(=O)NCC1(C(=O)O)CC1)C(C)(C)C. The lowest BCUT2D eigenvalue weighted by Crippen LogP contribution is -2.51. The van der Waals surface area contributed by atoms with Gasteiger partial charge in [-0.25, -0.2) is 4.79 Å². The monoisotopic (exact) mass is 254 g/mol. The number of urea groups is 1. The summed E-state index contributed by atoms with van der Waals surface area (Å²) in [5.41, 5.74) is -1.05. The molecule has 0 saturated heterocycles. The van der Waals surface area contributed by atoms with Gasteiger partial charge in [0.1, 0.15) is 0 Å². The molecular weight excluding hydrogens is 232 g/mol. The third-order valence-electron chi connectivity index (χ3n) is 3.25. The first-order valence-electron chi connectivity index (χ1n) is 6.13. The maximum Gasteiger partial charge on any atom is 0.318 e. The van der Waals surface area contributed by atoms with E-state index in [-0.39, 0.29) is 18.1 Å². The van der Waals surface area contributed by atoms with Crippen LogP contribution >= 0.6 is 0 Å². The predicted molar refractivity (Wildman–Crippen MR) is 69.4 cm³/mol. The molecule has 2 amide bonds. The summed E-state index contributed by atoms with van der Waals surface area (Å²) in [5.74, 6) is -0.825. The third kappa shape index (κ3) is 3.24. The van der Waals surface area contributed by atoms with Gasteiger partial charge in [0, 0.05) is 18.6 Å². The number of hydrogen-bond acceptors (Lipinski definition) is 2. The van der Waals surface area contributed by atoms with E-state index in [0.29, 0.717) is 19.4 Å². The number of carboxylic acids is 1. The predicted octanol–water partition coefficient (Wildman–Crippen LogP) is 1.85. The Hall–Kier alpha value is -1.52. The minimum absolute atomic E-state index is 0.199. The lowest BCUT2D eigenvalue weighted by atomic mass is 10.1. The van der Waals surface area contributed by atoms with Gasteiger partial charge in [0.15, 0.2) is 0 Å². The van der Waals surface area contributed by atoms with Crippen molar-refractivity contribution in [3.63, 3.8) is 0 Å². The highest BCUT2D eigenvalue weighted by molar-refractivity contribution is 5.80. The van der Waals surface area contributed by atoms with E-state index in [1.807, 2.05) is 20.8 Å². The molecule has 0 aromatic rings. The zero-order chi connectivity index (χ0) is 14.0. The summed E-state index contributed by atoms with van der Waals surface area (Å²) in [6, 6.07) is -0.241. The van der Waals surface area contributed by atoms with Crippen molar-refractivity contribution in [2.24, 2.45) is 5.41 Å². The molecule has 0 aromatic heterocycles. The number of amides is 2. The molecule has 0 radical (unpaired) electrons. The summed E-state index contributed by atoms with van der Waals surface area (Å²) >= 11 is 0. The second-order valence-electron chi connectivity index (χ2n) is 5.81. The quantitative estimate of drug-likeness (QED) is 0.736. The number of carbonyl (C=O) groups excluding carboxylic acids is 1. The summed E-state index contributed by atoms with van der Waals surface area (Å²) in [6.07, 6.45) is 2.94. The molecule has 1 fully saturated rings. The molecule has 0 aliphatic heterocycles. The van der Waals surface area contributed by atoms with Crippen molar-refractivity contribution in [1.29, 1.82) is 0 Å². The second-order valence-corrected chi connectivity index (χ2v) is 5.81. The molecule has 2 N–H and O–H groups in total. The highest BCUT2D eigenvalue weighted by Gasteiger charge is 2.50. The van der Waals surface area contributed by atoms with Crippen LogP contribution in [0.25, 0.3) is 0 Å². The van der Waals surface area contributed by atoms with Crippen molar-refractivity contribution >= 4 is 12.0 Å². The van der Waals surface area contributed by atoms with Crippen LogP contribution in [-0.2, 0) is 4.79 Å². The lowest BCUT2D eigenvalue weighted by Gasteiger charge is -2.35. The van der Waals surface area contributed by atoms with Gasteiger partial charge < -0.3 is 15.3 Å². The highest BCUT2D eigenvalue weighted by atomic mass is 16.4. The van der Waals surface area contributed by atoms with Gasteiger partial charge in [0.25, 0.3) is 0 Å². The maximum atomic E-state index is 12.1. The summed E-state index contributed by atoms with van der Waals surface area (Å²) in [6.45, 7) is 10.1. The van der Waals surface area contributed by atoms with Crippen LogP contribution in [0.4, 0.5) is 4.79 Å². The van der Waals surface area contributed by atoms with Gasteiger partial charge in [-0.2, -0.15) is 0 Å². The Bertz CT molecular complexity index is 354. The van der Waals surface area contributed by atoms with Crippen LogP contribution in [0.3, 0.4) is 0 Å². The number of nitrogens with zero attached hydrogens (tertiary/aromatic N) is 1. The van der Waals surface area contributed by atoms with Crippen LogP contribution in [0.2, 0.25) is 0 Å². The molecular formula is C13H22N2O3. The molecule has 0 bridgehead atoms. The number of carbonyl (C=O) groups is 2. The van der Waals surface area contributed by atoms with E-state index in [2.05, 4.69) is 11.9 Å². The smallest absolute Gasteiger partial charge is 0.318 e. The normalized spacial score (nSPS) is 16.8. The molecule has 1 rings (SSSR count). The molecule has 0 aromatic carbocycles. The Morgan fingerprint density at radius 1 is 1.44 bits per heavy atom. The van der Waals surface area contributed by atoms with E-state index in [0.717, 1.165) is 0 Å². The largest absolute Gasteiger partial charge is 0.481 e. The Balaban J connectivity index is 2.58. The lowest BCUT2D eigenvalue weighted by molar-refractivity contribution is -0.143. The number of nitrogens with one attached hydrogen (secondary N) is 1. The summed E-state index contributed by atoms with van der Waals surface area (Å²) in [5, 5.41) is 11.8. The van der Waals surface area contributed by atoms with Crippen molar-refractivity contribution in [2.45, 2.75) is 39.2 Å². The molecule has 5 nitrogen and oxygen atoms in total. The first kappa shape index (κ1) is 14.5. The van der Waals surface area contributed by atoms with E-state index >= 15 is 0 Å². The Morgan fingerprint density at radius 3 is 2.33 bits per heavy atom. The molecule has 0 spiro atoms. The maximum absolute atomic E-state index is 12.1. The minimum Gasteiger partial charge on any atom is -0.481 e. The van der Waals surface area contributed by atoms with Gasteiger partial charge in [-0.1, -0.05) is 6.08 Å². The average molecular weight is 254 g/mol. The van der Waals surface area contributed by atoms with Crippen LogP contribution in [0, 0.1) is 5.41 Å². The topological polar surface area (TPSA) is 69.6 Å². The fraction of sp³-hybridized carbons (Fsp3) is 0.692. The Morgan fingerprint density at radius 2 is 2.00 bits per heavy atom. The second kappa shape index (κ2) is 5.00. The van der Waals surface area contributed by atoms with Gasteiger partial charge in [0.2, 0.25) is 0 Å². The van der Waals surface area contributed by atoms with E-state index in [9.17, 15) is 9.59 Å². The molecule has 0 heterocycles. The van der Waals surface area contributed by atoms with E-state index < -0.39 is 11.4 Å². The van der Waals surface area contributed by atoms with Gasteiger partial charge >= 0.3 is 12.0 Å². The molecule has 0 atom stereocenters. The standard InChI is InChI=1S/C13H22N2O3/c1-5-8-15(12(2,3)4)11(18)14-9-13(6-7-13)10(16)17/h5H,1,6-9H2,2-4H3,(H,14,18)(H,16,17). The molecule has 1 aliphatic rings. The molecule has 0 unspecified atom stereocenters. The number of carboxylic acid groups (broad SMARTS) is 1. The van der Waals surface area contributed by atoms with Gasteiger partial charge in [-0.3, -0.25) is 4.79 Å². The van der Waals surface area contributed by atoms with Crippen molar-refractivity contribution in [2.75, 3.05) is 13.1 Å². The Labute approximate surface area is 108 Å². The first-order chi connectivity index (χ1) is 8.23. The van der Waals surface area contributed by atoms with Crippen LogP contribution in [0.5, 0.6) is 0 Å². The molecule has 1 aliphatic carbocycles. The molecule has 18 heavy (non-hydrogen) atoms. The van der Waals surface area contributed by atoms with Crippen LogP contribution in [-0.4, -0.2) is 40.6 Å². The number of rotatable bonds is 5. The minimum atomic E-state index is -0.825. The van der Waals surface area contributed by atoms with Gasteiger partial charge in [-0.15, -0.1) is 6.58 Å². The zero-order valence-corrected chi connectivity index (χ0v) is 11.3. The third-order valence-corrected chi connectivity index (χ3v) is 3.25. The van der Waals surface area contributed by atoms with Crippen molar-refractivity contribution in [3.05, 3.63) is 12.7 Å². The Kier molecular flexibility index (Phi) is 4.04. The molecule has 5 heteroatoms. The van der Waals surface area contributed by atoms with Crippen molar-refractivity contribution in [1.82, 2.24) is 10.2 Å². The summed E-state index contributed by atoms with van der Waals surface area (Å²) < 4.78 is 0. The van der Waals surface area contributed by atoms with E-state index in [1.54, 1.807) is 11.0 Å². The average Bonchev–Trinajstić information content (AvgIpc) is 3.02. The highest BCUT2D eigenvalue weighted by Crippen LogP contribution is 2.45. The first-order valence-corrected chi connectivity index (χ1v) is 6.13. The summed E-state index contributed by atoms with van der Waals surface area (Å²) in [7, 11) is 0. The van der Waals surface area contributed by atoms with Crippen molar-refractivity contribution < 1.29 is 14.7 Å². The summed E-state index contributed by atoms with van der Waals surface area (Å²) in [4.78, 5) is 24.7. The zero-order valence-electron chi connectivity index (χ0n) is 11.3. The fourth-order valence-corrected chi connectivity index (χ4v) is 1.75. The van der Waals surface area contributed by atoms with Crippen LogP contribution in [0.15, 0.2) is 12.7 Å². The van der Waals surface area contributed by atoms with Gasteiger partial charge in [0.05, 0.1) is 5.41 Å². The molecule has 1 saturated carbocycles. The number of hydrogen-bond donors (Lipinski definition) is 2.